The molecule has 6 heteroatoms. The maximum absolute atomic E-state index is 4.39. The van der Waals surface area contributed by atoms with Crippen molar-refractivity contribution in [3.05, 3.63) is 55.0 Å². The van der Waals surface area contributed by atoms with E-state index < -0.39 is 0 Å². The molecule has 108 valence electrons. The largest absolute Gasteiger partial charge is 0.378 e. The average Bonchev–Trinajstić information content (AvgIpc) is 3.17. The quantitative estimate of drug-likeness (QED) is 0.781. The fourth-order valence-electron chi connectivity index (χ4n) is 2.16. The van der Waals surface area contributed by atoms with Crippen molar-refractivity contribution in [2.75, 3.05) is 5.32 Å². The predicted octanol–water partition coefficient (Wildman–Crippen LogP) is 2.66. The molecule has 3 rings (SSSR count). The van der Waals surface area contributed by atoms with Crippen LogP contribution in [0.25, 0.3) is 5.82 Å². The number of nitrogens with one attached hydrogen (secondary N) is 1. The zero-order chi connectivity index (χ0) is 14.7. The van der Waals surface area contributed by atoms with E-state index in [1.807, 2.05) is 43.1 Å². The Labute approximate surface area is 123 Å². The first-order valence-electron chi connectivity index (χ1n) is 6.94. The molecule has 3 aromatic rings. The van der Waals surface area contributed by atoms with Crippen molar-refractivity contribution in [2.24, 2.45) is 0 Å². The van der Waals surface area contributed by atoms with E-state index in [1.54, 1.807) is 10.9 Å². The van der Waals surface area contributed by atoms with Crippen molar-refractivity contribution in [2.45, 2.75) is 26.4 Å². The van der Waals surface area contributed by atoms with E-state index in [1.165, 1.54) is 0 Å². The maximum atomic E-state index is 4.39. The third-order valence-corrected chi connectivity index (χ3v) is 3.26. The van der Waals surface area contributed by atoms with Gasteiger partial charge in [-0.05, 0) is 32.0 Å². The standard InChI is InChI=1S/C15H18N6/c1-12(2)20-11-16-9-14(20)10-17-13-4-5-15(18-8-13)21-7-3-6-19-21/h3-9,11-12,17H,10H2,1-2H3. The van der Waals surface area contributed by atoms with Crippen LogP contribution in [0.1, 0.15) is 25.6 Å². The average molecular weight is 282 g/mol. The van der Waals surface area contributed by atoms with Crippen LogP contribution in [0.2, 0.25) is 0 Å². The summed E-state index contributed by atoms with van der Waals surface area (Å²) in [5.74, 6) is 0.803. The van der Waals surface area contributed by atoms with Gasteiger partial charge in [0.05, 0.1) is 30.5 Å². The molecule has 0 amide bonds. The molecule has 0 aromatic carbocycles. The lowest BCUT2D eigenvalue weighted by Gasteiger charge is -2.13. The van der Waals surface area contributed by atoms with Gasteiger partial charge in [-0.3, -0.25) is 0 Å². The molecular weight excluding hydrogens is 264 g/mol. The molecule has 0 aliphatic heterocycles. The van der Waals surface area contributed by atoms with E-state index in [-0.39, 0.29) is 0 Å². The maximum Gasteiger partial charge on any atom is 0.153 e. The minimum atomic E-state index is 0.407. The molecule has 0 atom stereocenters. The number of anilines is 1. The van der Waals surface area contributed by atoms with E-state index >= 15 is 0 Å². The predicted molar refractivity (Wildman–Crippen MR) is 81.3 cm³/mol. The van der Waals surface area contributed by atoms with Gasteiger partial charge in [0.1, 0.15) is 0 Å². The summed E-state index contributed by atoms with van der Waals surface area (Å²) < 4.78 is 3.89. The van der Waals surface area contributed by atoms with Crippen LogP contribution in [0.15, 0.2) is 49.3 Å². The van der Waals surface area contributed by atoms with Crippen molar-refractivity contribution in [3.8, 4) is 5.82 Å². The third kappa shape index (κ3) is 2.94. The van der Waals surface area contributed by atoms with Gasteiger partial charge in [-0.2, -0.15) is 5.10 Å². The summed E-state index contributed by atoms with van der Waals surface area (Å²) >= 11 is 0. The minimum Gasteiger partial charge on any atom is -0.378 e. The molecule has 0 fully saturated rings. The highest BCUT2D eigenvalue weighted by Crippen LogP contribution is 2.13. The van der Waals surface area contributed by atoms with E-state index in [0.29, 0.717) is 6.04 Å². The Hall–Kier alpha value is -2.63. The van der Waals surface area contributed by atoms with Gasteiger partial charge in [-0.1, -0.05) is 0 Å². The third-order valence-electron chi connectivity index (χ3n) is 3.26. The van der Waals surface area contributed by atoms with Gasteiger partial charge in [-0.15, -0.1) is 0 Å². The van der Waals surface area contributed by atoms with Gasteiger partial charge in [0, 0.05) is 24.6 Å². The van der Waals surface area contributed by atoms with Crippen LogP contribution in [0, 0.1) is 0 Å². The molecule has 0 saturated carbocycles. The summed E-state index contributed by atoms with van der Waals surface area (Å²) in [6, 6.07) is 6.22. The Bertz CT molecular complexity index is 681. The fourth-order valence-corrected chi connectivity index (χ4v) is 2.16. The van der Waals surface area contributed by atoms with Crippen LogP contribution in [-0.4, -0.2) is 24.3 Å². The molecule has 6 nitrogen and oxygen atoms in total. The SMILES string of the molecule is CC(C)n1cncc1CNc1ccc(-n2cccn2)nc1. The van der Waals surface area contributed by atoms with Gasteiger partial charge < -0.3 is 9.88 Å². The Kier molecular flexibility index (Phi) is 3.68. The zero-order valence-corrected chi connectivity index (χ0v) is 12.1. The Morgan fingerprint density at radius 1 is 1.24 bits per heavy atom. The first-order valence-corrected chi connectivity index (χ1v) is 6.94. The second-order valence-corrected chi connectivity index (χ2v) is 5.10. The van der Waals surface area contributed by atoms with Gasteiger partial charge >= 0.3 is 0 Å². The van der Waals surface area contributed by atoms with Crippen LogP contribution in [0.5, 0.6) is 0 Å². The monoisotopic (exact) mass is 282 g/mol. The van der Waals surface area contributed by atoms with E-state index in [4.69, 9.17) is 0 Å². The summed E-state index contributed by atoms with van der Waals surface area (Å²) in [6.07, 6.45) is 9.17. The smallest absolute Gasteiger partial charge is 0.153 e. The van der Waals surface area contributed by atoms with Crippen molar-refractivity contribution in [1.29, 1.82) is 0 Å². The van der Waals surface area contributed by atoms with Gasteiger partial charge in [0.25, 0.3) is 0 Å². The number of hydrogen-bond donors (Lipinski definition) is 1. The summed E-state index contributed by atoms with van der Waals surface area (Å²) in [5.41, 5.74) is 2.13. The molecule has 21 heavy (non-hydrogen) atoms. The van der Waals surface area contributed by atoms with Crippen LogP contribution in [0.4, 0.5) is 5.69 Å². The molecule has 0 aliphatic carbocycles. The molecule has 1 N–H and O–H groups in total. The number of hydrogen-bond acceptors (Lipinski definition) is 4. The van der Waals surface area contributed by atoms with E-state index in [2.05, 4.69) is 38.8 Å². The van der Waals surface area contributed by atoms with Crippen molar-refractivity contribution < 1.29 is 0 Å². The number of rotatable bonds is 5. The number of imidazole rings is 1. The molecule has 0 spiro atoms. The van der Waals surface area contributed by atoms with Gasteiger partial charge in [-0.25, -0.2) is 14.6 Å². The summed E-state index contributed by atoms with van der Waals surface area (Å²) in [5, 5.41) is 7.52. The van der Waals surface area contributed by atoms with Gasteiger partial charge in [0.15, 0.2) is 5.82 Å². The highest BCUT2D eigenvalue weighted by molar-refractivity contribution is 5.43. The molecule has 0 bridgehead atoms. The molecule has 0 aliphatic rings. The summed E-state index contributed by atoms with van der Waals surface area (Å²) in [7, 11) is 0. The molecule has 3 aromatic heterocycles. The fraction of sp³-hybridized carbons (Fsp3) is 0.267. The van der Waals surface area contributed by atoms with Crippen molar-refractivity contribution in [1.82, 2.24) is 24.3 Å². The molecule has 0 radical (unpaired) electrons. The van der Waals surface area contributed by atoms with Crippen LogP contribution < -0.4 is 5.32 Å². The second-order valence-electron chi connectivity index (χ2n) is 5.10. The van der Waals surface area contributed by atoms with E-state index in [9.17, 15) is 0 Å². The summed E-state index contributed by atoms with van der Waals surface area (Å²) in [6.45, 7) is 5.01. The number of nitrogens with zero attached hydrogens (tertiary/aromatic N) is 5. The minimum absolute atomic E-state index is 0.407. The molecule has 3 heterocycles. The van der Waals surface area contributed by atoms with Crippen LogP contribution in [0.3, 0.4) is 0 Å². The second kappa shape index (κ2) is 5.78. The normalized spacial score (nSPS) is 11.0. The Balaban J connectivity index is 1.67. The zero-order valence-electron chi connectivity index (χ0n) is 12.1. The van der Waals surface area contributed by atoms with Crippen LogP contribution >= 0.6 is 0 Å². The summed E-state index contributed by atoms with van der Waals surface area (Å²) in [4.78, 5) is 8.59. The lowest BCUT2D eigenvalue weighted by molar-refractivity contribution is 0.577. The molecule has 0 unspecified atom stereocenters. The van der Waals surface area contributed by atoms with Gasteiger partial charge in [0.2, 0.25) is 0 Å². The number of aromatic nitrogens is 5. The van der Waals surface area contributed by atoms with Crippen molar-refractivity contribution >= 4 is 5.69 Å². The first-order chi connectivity index (χ1) is 10.2. The topological polar surface area (TPSA) is 60.6 Å². The van der Waals surface area contributed by atoms with Crippen LogP contribution in [-0.2, 0) is 6.54 Å². The first kappa shape index (κ1) is 13.4. The van der Waals surface area contributed by atoms with Crippen molar-refractivity contribution in [3.63, 3.8) is 0 Å². The lowest BCUT2D eigenvalue weighted by atomic mass is 10.3. The molecular formula is C15H18N6. The lowest BCUT2D eigenvalue weighted by Crippen LogP contribution is -2.09. The Morgan fingerprint density at radius 3 is 2.81 bits per heavy atom. The highest BCUT2D eigenvalue weighted by atomic mass is 15.3. The number of pyridine rings is 1. The van der Waals surface area contributed by atoms with E-state index in [0.717, 1.165) is 23.7 Å². The highest BCUT2D eigenvalue weighted by Gasteiger charge is 2.05. The molecule has 0 saturated heterocycles. The Morgan fingerprint density at radius 2 is 2.14 bits per heavy atom.